The average Bonchev–Trinajstić information content (AvgIpc) is 3.09. The number of hydrogen-bond donors (Lipinski definition) is 0. The van der Waals surface area contributed by atoms with Gasteiger partial charge in [0, 0.05) is 11.4 Å². The van der Waals surface area contributed by atoms with E-state index in [2.05, 4.69) is 158 Å². The summed E-state index contributed by atoms with van der Waals surface area (Å²) in [7, 11) is 0. The summed E-state index contributed by atoms with van der Waals surface area (Å²) in [6.07, 6.45) is 6.81. The molecule has 1 aliphatic carbocycles. The minimum atomic E-state index is 1.14. The van der Waals surface area contributed by atoms with Crippen LogP contribution in [0.5, 0.6) is 0 Å². The average molecular weight is 476 g/mol. The molecule has 178 valence electrons. The van der Waals surface area contributed by atoms with E-state index in [1.807, 2.05) is 0 Å². The van der Waals surface area contributed by atoms with Gasteiger partial charge in [0.2, 0.25) is 0 Å². The predicted octanol–water partition coefficient (Wildman–Crippen LogP) is 9.85. The Morgan fingerprint density at radius 3 is 1.49 bits per heavy atom. The van der Waals surface area contributed by atoms with Crippen molar-refractivity contribution in [3.05, 3.63) is 160 Å². The quantitative estimate of drug-likeness (QED) is 0.245. The van der Waals surface area contributed by atoms with Crippen LogP contribution in [0.1, 0.15) is 38.9 Å². The molecule has 1 heteroatoms. The Balaban J connectivity index is 1.58. The highest BCUT2D eigenvalue weighted by Crippen LogP contribution is 2.40. The molecule has 0 radical (unpaired) electrons. The molecule has 1 nitrogen and oxygen atoms in total. The van der Waals surface area contributed by atoms with Gasteiger partial charge in [-0.3, -0.25) is 0 Å². The zero-order chi connectivity index (χ0) is 25.2. The number of aryl methyl sites for hydroxylation is 2. The van der Waals surface area contributed by atoms with Crippen LogP contribution in [0.3, 0.4) is 0 Å². The molecule has 0 atom stereocenters. The van der Waals surface area contributed by atoms with Crippen molar-refractivity contribution in [2.24, 2.45) is 0 Å². The third-order valence-electron chi connectivity index (χ3n) is 7.01. The van der Waals surface area contributed by atoms with Crippen molar-refractivity contribution in [3.8, 4) is 0 Å². The van der Waals surface area contributed by atoms with Crippen LogP contribution in [0.4, 0.5) is 17.1 Å². The molecule has 5 aromatic rings. The van der Waals surface area contributed by atoms with Gasteiger partial charge in [-0.15, -0.1) is 0 Å². The van der Waals surface area contributed by atoms with Gasteiger partial charge in [-0.1, -0.05) is 114 Å². The van der Waals surface area contributed by atoms with Gasteiger partial charge < -0.3 is 4.90 Å². The van der Waals surface area contributed by atoms with E-state index in [0.717, 1.165) is 17.1 Å². The molecule has 0 N–H and O–H groups in total. The standard InChI is InChI=1S/C36H29N/c1-26-15-21-31(22-16-26)37(32-23-17-27(2)18-24-32)36-14-8-5-11-30(36)25-35-33-12-6-3-9-28(33)19-20-29-10-4-7-13-34(29)35/h3-25H,1-2H3. The van der Waals surface area contributed by atoms with Crippen molar-refractivity contribution < 1.29 is 0 Å². The Hall–Kier alpha value is -4.62. The lowest BCUT2D eigenvalue weighted by Gasteiger charge is -2.27. The van der Waals surface area contributed by atoms with Gasteiger partial charge in [0.1, 0.15) is 0 Å². The van der Waals surface area contributed by atoms with Gasteiger partial charge in [0.25, 0.3) is 0 Å². The lowest BCUT2D eigenvalue weighted by Crippen LogP contribution is -2.11. The van der Waals surface area contributed by atoms with Gasteiger partial charge in [0.15, 0.2) is 0 Å². The zero-order valence-electron chi connectivity index (χ0n) is 21.2. The molecule has 0 amide bonds. The number of fused-ring (bicyclic) bond motifs is 2. The van der Waals surface area contributed by atoms with Crippen LogP contribution in [0, 0.1) is 13.8 Å². The van der Waals surface area contributed by atoms with Crippen LogP contribution in [-0.2, 0) is 0 Å². The second-order valence-corrected chi connectivity index (χ2v) is 9.63. The molecular formula is C36H29N. The zero-order valence-corrected chi connectivity index (χ0v) is 21.2. The maximum absolute atomic E-state index is 2.36. The molecule has 5 aromatic carbocycles. The van der Waals surface area contributed by atoms with Crippen molar-refractivity contribution in [3.63, 3.8) is 0 Å². The van der Waals surface area contributed by atoms with E-state index in [9.17, 15) is 0 Å². The minimum absolute atomic E-state index is 1.14. The summed E-state index contributed by atoms with van der Waals surface area (Å²) in [5.41, 5.74) is 13.3. The number of para-hydroxylation sites is 1. The Kier molecular flexibility index (Phi) is 6.04. The molecule has 37 heavy (non-hydrogen) atoms. The maximum atomic E-state index is 2.36. The monoisotopic (exact) mass is 475 g/mol. The highest BCUT2D eigenvalue weighted by molar-refractivity contribution is 6.01. The van der Waals surface area contributed by atoms with Gasteiger partial charge in [0.05, 0.1) is 5.69 Å². The molecule has 6 rings (SSSR count). The van der Waals surface area contributed by atoms with E-state index in [-0.39, 0.29) is 0 Å². The summed E-state index contributed by atoms with van der Waals surface area (Å²) in [5.74, 6) is 0. The number of anilines is 3. The smallest absolute Gasteiger partial charge is 0.0534 e. The Morgan fingerprint density at radius 2 is 0.946 bits per heavy atom. The van der Waals surface area contributed by atoms with Crippen LogP contribution in [0.25, 0.3) is 23.8 Å². The molecule has 0 fully saturated rings. The minimum Gasteiger partial charge on any atom is -0.310 e. The van der Waals surface area contributed by atoms with E-state index in [4.69, 9.17) is 0 Å². The van der Waals surface area contributed by atoms with E-state index in [1.54, 1.807) is 0 Å². The predicted molar refractivity (Wildman–Crippen MR) is 159 cm³/mol. The third-order valence-corrected chi connectivity index (χ3v) is 7.01. The summed E-state index contributed by atoms with van der Waals surface area (Å²) >= 11 is 0. The van der Waals surface area contributed by atoms with Crippen LogP contribution in [-0.4, -0.2) is 0 Å². The van der Waals surface area contributed by atoms with Crippen molar-refractivity contribution in [2.75, 3.05) is 4.90 Å². The number of hydrogen-bond acceptors (Lipinski definition) is 1. The number of nitrogens with zero attached hydrogens (tertiary/aromatic N) is 1. The normalized spacial score (nSPS) is 11.9. The molecule has 0 unspecified atom stereocenters. The Labute approximate surface area is 219 Å². The van der Waals surface area contributed by atoms with Crippen LogP contribution < -0.4 is 4.90 Å². The molecular weight excluding hydrogens is 446 g/mol. The fourth-order valence-corrected chi connectivity index (χ4v) is 5.04. The van der Waals surface area contributed by atoms with Gasteiger partial charge in [-0.25, -0.2) is 0 Å². The van der Waals surface area contributed by atoms with E-state index >= 15 is 0 Å². The molecule has 0 aliphatic heterocycles. The molecule has 0 saturated carbocycles. The van der Waals surface area contributed by atoms with E-state index in [1.165, 1.54) is 44.5 Å². The summed E-state index contributed by atoms with van der Waals surface area (Å²) < 4.78 is 0. The second-order valence-electron chi connectivity index (χ2n) is 9.63. The SMILES string of the molecule is Cc1ccc(N(c2ccc(C)cc2)c2ccccc2C=C2c3ccccc3C=Cc3ccccc32)cc1. The summed E-state index contributed by atoms with van der Waals surface area (Å²) in [6.45, 7) is 4.26. The lowest BCUT2D eigenvalue weighted by molar-refractivity contribution is 1.26. The first-order chi connectivity index (χ1) is 18.2. The van der Waals surface area contributed by atoms with Gasteiger partial charge >= 0.3 is 0 Å². The molecule has 0 spiro atoms. The fourth-order valence-electron chi connectivity index (χ4n) is 5.04. The first kappa shape index (κ1) is 22.8. The van der Waals surface area contributed by atoms with Gasteiger partial charge in [-0.05, 0) is 83.6 Å². The summed E-state index contributed by atoms with van der Waals surface area (Å²) in [6, 6.07) is 43.6. The first-order valence-electron chi connectivity index (χ1n) is 12.8. The summed E-state index contributed by atoms with van der Waals surface area (Å²) in [4.78, 5) is 2.36. The maximum Gasteiger partial charge on any atom is 0.0534 e. The highest BCUT2D eigenvalue weighted by atomic mass is 15.1. The molecule has 0 heterocycles. The molecule has 0 aromatic heterocycles. The van der Waals surface area contributed by atoms with Gasteiger partial charge in [-0.2, -0.15) is 0 Å². The molecule has 0 bridgehead atoms. The van der Waals surface area contributed by atoms with Crippen LogP contribution in [0.15, 0.2) is 121 Å². The third kappa shape index (κ3) is 4.52. The Morgan fingerprint density at radius 1 is 0.486 bits per heavy atom. The number of benzene rings is 5. The summed E-state index contributed by atoms with van der Waals surface area (Å²) in [5, 5.41) is 0. The topological polar surface area (TPSA) is 3.24 Å². The van der Waals surface area contributed by atoms with E-state index in [0.29, 0.717) is 0 Å². The van der Waals surface area contributed by atoms with Crippen molar-refractivity contribution in [1.29, 1.82) is 0 Å². The second kappa shape index (κ2) is 9.79. The lowest BCUT2D eigenvalue weighted by atomic mass is 9.91. The molecule has 1 aliphatic rings. The fraction of sp³-hybridized carbons (Fsp3) is 0.0556. The van der Waals surface area contributed by atoms with Crippen molar-refractivity contribution >= 4 is 40.9 Å². The van der Waals surface area contributed by atoms with E-state index < -0.39 is 0 Å². The highest BCUT2D eigenvalue weighted by Gasteiger charge is 2.18. The first-order valence-corrected chi connectivity index (χ1v) is 12.8. The Bertz CT molecular complexity index is 1520. The van der Waals surface area contributed by atoms with Crippen LogP contribution in [0.2, 0.25) is 0 Å². The molecule has 0 saturated heterocycles. The number of rotatable bonds is 4. The van der Waals surface area contributed by atoms with Crippen molar-refractivity contribution in [2.45, 2.75) is 13.8 Å². The van der Waals surface area contributed by atoms with Crippen molar-refractivity contribution in [1.82, 2.24) is 0 Å². The van der Waals surface area contributed by atoms with Crippen LogP contribution >= 0.6 is 0 Å². The largest absolute Gasteiger partial charge is 0.310 e.